The van der Waals surface area contributed by atoms with Crippen LogP contribution in [0.4, 0.5) is 10.7 Å². The van der Waals surface area contributed by atoms with Crippen molar-refractivity contribution in [2.24, 2.45) is 4.99 Å². The molecule has 3 amide bonds. The Kier molecular flexibility index (Phi) is 4.16. The van der Waals surface area contributed by atoms with Gasteiger partial charge >= 0.3 is 12.0 Å². The molecule has 0 spiro atoms. The number of likely N-dealkylation sites (N-methyl/N-ethyl adjacent to an activating group) is 1. The summed E-state index contributed by atoms with van der Waals surface area (Å²) in [6.45, 7) is 6.73. The number of imide groups is 1. The summed E-state index contributed by atoms with van der Waals surface area (Å²) in [5.74, 6) is 0.852. The van der Waals surface area contributed by atoms with Crippen LogP contribution in [0.25, 0.3) is 0 Å². The molecule has 1 aromatic heterocycles. The van der Waals surface area contributed by atoms with Crippen LogP contribution in [0.5, 0.6) is 0 Å². The fourth-order valence-corrected chi connectivity index (χ4v) is 3.39. The van der Waals surface area contributed by atoms with Gasteiger partial charge in [0.15, 0.2) is 0 Å². The number of aliphatic imine (C=N–C) groups is 1. The molecule has 0 radical (unpaired) electrons. The predicted molar refractivity (Wildman–Crippen MR) is 87.1 cm³/mol. The third-order valence-electron chi connectivity index (χ3n) is 4.88. The van der Waals surface area contributed by atoms with Crippen LogP contribution in [0.2, 0.25) is 0 Å². The van der Waals surface area contributed by atoms with Gasteiger partial charge in [0, 0.05) is 13.6 Å². The van der Waals surface area contributed by atoms with Crippen molar-refractivity contribution in [3.8, 4) is 0 Å². The summed E-state index contributed by atoms with van der Waals surface area (Å²) in [6, 6.07) is -0.921. The maximum absolute atomic E-state index is 13.0. The molecule has 1 N–H and O–H groups in total. The van der Waals surface area contributed by atoms with E-state index in [1.807, 2.05) is 29.9 Å². The Morgan fingerprint density at radius 2 is 2.00 bits per heavy atom. The summed E-state index contributed by atoms with van der Waals surface area (Å²) < 4.78 is 3.77. The molecule has 3 rings (SSSR count). The number of aliphatic hydroxyl groups is 1. The average Bonchev–Trinajstić information content (AvgIpc) is 3.05. The number of carbonyl (C=O) groups excluding carboxylic acids is 2. The van der Waals surface area contributed by atoms with Crippen LogP contribution < -0.4 is 4.57 Å². The number of rotatable bonds is 5. The van der Waals surface area contributed by atoms with Gasteiger partial charge in [-0.1, -0.05) is 18.3 Å². The normalized spacial score (nSPS) is 19.7. The second kappa shape index (κ2) is 6.01. The molecule has 8 nitrogen and oxygen atoms in total. The first-order valence-electron chi connectivity index (χ1n) is 8.33. The largest absolute Gasteiger partial charge is 0.402 e. The zero-order valence-corrected chi connectivity index (χ0v) is 14.6. The summed E-state index contributed by atoms with van der Waals surface area (Å²) in [5.41, 5.74) is 1.89. The summed E-state index contributed by atoms with van der Waals surface area (Å²) in [7, 11) is 1.66. The van der Waals surface area contributed by atoms with Crippen LogP contribution in [-0.2, 0) is 11.3 Å². The number of amidine groups is 1. The van der Waals surface area contributed by atoms with Crippen LogP contribution in [0.3, 0.4) is 0 Å². The summed E-state index contributed by atoms with van der Waals surface area (Å²) in [5, 5.41) is 9.31. The molecular weight excluding hydrogens is 310 g/mol. The standard InChI is InChI=1S/C16H24N5O3/c1-5-6-7-20-14(23)12-13(18(4)16(20)24)17-15-19(8-9-22)10(2)11(3)21(12)15/h12,22H,5-9H2,1-4H3/q+1. The van der Waals surface area contributed by atoms with E-state index < -0.39 is 6.04 Å². The van der Waals surface area contributed by atoms with Gasteiger partial charge in [-0.05, 0) is 20.3 Å². The average molecular weight is 334 g/mol. The van der Waals surface area contributed by atoms with E-state index in [1.165, 1.54) is 9.80 Å². The third kappa shape index (κ3) is 2.16. The summed E-state index contributed by atoms with van der Waals surface area (Å²) in [6.07, 6.45) is 1.70. The van der Waals surface area contributed by atoms with Crippen LogP contribution in [-0.4, -0.2) is 57.4 Å². The topological polar surface area (TPSA) is 82.0 Å². The zero-order valence-electron chi connectivity index (χ0n) is 14.6. The molecule has 130 valence electrons. The first-order chi connectivity index (χ1) is 11.4. The molecule has 0 aliphatic carbocycles. The minimum Gasteiger partial charge on any atom is -0.393 e. The van der Waals surface area contributed by atoms with E-state index in [1.54, 1.807) is 7.05 Å². The summed E-state index contributed by atoms with van der Waals surface area (Å²) in [4.78, 5) is 32.8. The lowest BCUT2D eigenvalue weighted by Gasteiger charge is -2.33. The molecule has 3 heterocycles. The van der Waals surface area contributed by atoms with Crippen molar-refractivity contribution < 1.29 is 19.3 Å². The monoisotopic (exact) mass is 334 g/mol. The number of aromatic nitrogens is 2. The number of imidazole rings is 1. The van der Waals surface area contributed by atoms with E-state index in [2.05, 4.69) is 4.99 Å². The predicted octanol–water partition coefficient (Wildman–Crippen LogP) is 0.664. The number of carbonyl (C=O) groups is 2. The van der Waals surface area contributed by atoms with Crippen molar-refractivity contribution in [1.29, 1.82) is 0 Å². The van der Waals surface area contributed by atoms with E-state index in [-0.39, 0.29) is 18.5 Å². The Morgan fingerprint density at radius 1 is 1.29 bits per heavy atom. The van der Waals surface area contributed by atoms with Gasteiger partial charge in [-0.3, -0.25) is 14.6 Å². The van der Waals surface area contributed by atoms with Crippen LogP contribution in [0.1, 0.15) is 37.2 Å². The van der Waals surface area contributed by atoms with Crippen LogP contribution in [0, 0.1) is 13.8 Å². The molecule has 1 saturated heterocycles. The maximum Gasteiger partial charge on any atom is 0.402 e. The quantitative estimate of drug-likeness (QED) is 0.803. The van der Waals surface area contributed by atoms with E-state index >= 15 is 0 Å². The second-order valence-corrected chi connectivity index (χ2v) is 6.27. The Hall–Kier alpha value is -2.22. The van der Waals surface area contributed by atoms with Gasteiger partial charge in [0.2, 0.25) is 11.9 Å². The summed E-state index contributed by atoms with van der Waals surface area (Å²) >= 11 is 0. The van der Waals surface area contributed by atoms with Gasteiger partial charge in [0.25, 0.3) is 5.91 Å². The Morgan fingerprint density at radius 3 is 2.62 bits per heavy atom. The fraction of sp³-hybridized carbons (Fsp3) is 0.625. The molecule has 1 unspecified atom stereocenters. The number of unbranched alkanes of at least 4 members (excludes halogenated alkanes) is 1. The maximum atomic E-state index is 13.0. The first-order valence-corrected chi connectivity index (χ1v) is 8.33. The number of fused-ring (bicyclic) bond motifs is 3. The molecule has 0 saturated carbocycles. The van der Waals surface area contributed by atoms with Crippen LogP contribution in [0.15, 0.2) is 4.99 Å². The van der Waals surface area contributed by atoms with Gasteiger partial charge in [-0.15, -0.1) is 0 Å². The number of aliphatic hydroxyl groups excluding tert-OH is 1. The van der Waals surface area contributed by atoms with Crippen molar-refractivity contribution in [2.45, 2.75) is 46.2 Å². The lowest BCUT2D eigenvalue weighted by molar-refractivity contribution is -0.690. The smallest absolute Gasteiger partial charge is 0.393 e. The first kappa shape index (κ1) is 16.6. The Labute approximate surface area is 141 Å². The van der Waals surface area contributed by atoms with Gasteiger partial charge in [0.05, 0.1) is 13.2 Å². The van der Waals surface area contributed by atoms with Crippen molar-refractivity contribution in [2.75, 3.05) is 20.2 Å². The molecule has 8 heteroatoms. The van der Waals surface area contributed by atoms with Gasteiger partial charge < -0.3 is 5.11 Å². The molecule has 1 aromatic rings. The van der Waals surface area contributed by atoms with E-state index in [0.717, 1.165) is 24.2 Å². The van der Waals surface area contributed by atoms with Crippen molar-refractivity contribution >= 4 is 23.7 Å². The zero-order chi connectivity index (χ0) is 17.6. The van der Waals surface area contributed by atoms with Gasteiger partial charge in [-0.2, -0.15) is 0 Å². The van der Waals surface area contributed by atoms with Crippen molar-refractivity contribution in [1.82, 2.24) is 14.4 Å². The highest BCUT2D eigenvalue weighted by molar-refractivity contribution is 6.20. The number of amides is 3. The molecule has 2 aliphatic heterocycles. The highest BCUT2D eigenvalue weighted by Gasteiger charge is 2.53. The molecular formula is C16H24N5O3+. The number of hydrogen-bond donors (Lipinski definition) is 1. The highest BCUT2D eigenvalue weighted by atomic mass is 16.3. The SMILES string of the molecule is CCCCN1C(=O)C2C(=Nc3n2c(C)c(C)[n+]3CCO)N(C)C1=O. The minimum atomic E-state index is -0.599. The second-order valence-electron chi connectivity index (χ2n) is 6.27. The third-order valence-corrected chi connectivity index (χ3v) is 4.88. The molecule has 0 bridgehead atoms. The lowest BCUT2D eigenvalue weighted by atomic mass is 10.1. The Bertz CT molecular complexity index is 737. The molecule has 0 aromatic carbocycles. The van der Waals surface area contributed by atoms with E-state index in [0.29, 0.717) is 24.9 Å². The van der Waals surface area contributed by atoms with Gasteiger partial charge in [0.1, 0.15) is 11.4 Å². The number of urea groups is 1. The van der Waals surface area contributed by atoms with Crippen molar-refractivity contribution in [3.05, 3.63) is 11.4 Å². The minimum absolute atomic E-state index is 0.0111. The van der Waals surface area contributed by atoms with Crippen molar-refractivity contribution in [3.63, 3.8) is 0 Å². The van der Waals surface area contributed by atoms with E-state index in [4.69, 9.17) is 0 Å². The molecule has 24 heavy (non-hydrogen) atoms. The molecule has 1 atom stereocenters. The van der Waals surface area contributed by atoms with Gasteiger partial charge in [-0.25, -0.2) is 13.9 Å². The molecule has 2 aliphatic rings. The lowest BCUT2D eigenvalue weighted by Crippen LogP contribution is -2.57. The number of hydrogen-bond acceptors (Lipinski definition) is 4. The molecule has 1 fully saturated rings. The van der Waals surface area contributed by atoms with Crippen LogP contribution >= 0.6 is 0 Å². The van der Waals surface area contributed by atoms with E-state index in [9.17, 15) is 14.7 Å². The fourth-order valence-electron chi connectivity index (χ4n) is 3.39. The number of nitrogens with zero attached hydrogens (tertiary/aromatic N) is 5. The highest BCUT2D eigenvalue weighted by Crippen LogP contribution is 2.35. The Balaban J connectivity index is 2.08.